The zero-order valence-corrected chi connectivity index (χ0v) is 19.1. The molecule has 7 nitrogen and oxygen atoms in total. The fourth-order valence-electron chi connectivity index (χ4n) is 3.57. The molecule has 8 heteroatoms. The summed E-state index contributed by atoms with van der Waals surface area (Å²) in [6.45, 7) is 10.6. The number of guanidine groups is 1. The van der Waals surface area contributed by atoms with Crippen LogP contribution in [-0.2, 0) is 10.0 Å². The van der Waals surface area contributed by atoms with Crippen molar-refractivity contribution in [2.24, 2.45) is 4.99 Å². The van der Waals surface area contributed by atoms with Crippen molar-refractivity contribution in [2.75, 3.05) is 50.4 Å². The Morgan fingerprint density at radius 1 is 1.28 bits per heavy atom. The number of aliphatic imine (C=N–C) groups is 1. The average molecular weight is 424 g/mol. The number of benzene rings is 1. The number of hydrogen-bond acceptors (Lipinski definition) is 4. The molecule has 164 valence electrons. The summed E-state index contributed by atoms with van der Waals surface area (Å²) in [6, 6.07) is 8.83. The minimum absolute atomic E-state index is 0.124. The van der Waals surface area contributed by atoms with E-state index in [1.807, 2.05) is 13.8 Å². The molecule has 1 aromatic carbocycles. The maximum absolute atomic E-state index is 11.7. The first-order valence-corrected chi connectivity index (χ1v) is 12.5. The molecule has 29 heavy (non-hydrogen) atoms. The van der Waals surface area contributed by atoms with Crippen molar-refractivity contribution in [3.05, 3.63) is 29.8 Å². The smallest absolute Gasteiger partial charge is 0.211 e. The SMILES string of the molecule is CCNC(=NCCCN(CC)S(C)(=O)=O)NC(C)c1cccc(N2CCCC2)c1. The number of nitrogens with zero attached hydrogens (tertiary/aromatic N) is 3. The van der Waals surface area contributed by atoms with Gasteiger partial charge in [0.05, 0.1) is 12.3 Å². The van der Waals surface area contributed by atoms with Crippen LogP contribution in [0.2, 0.25) is 0 Å². The average Bonchev–Trinajstić information content (AvgIpc) is 3.22. The molecule has 2 N–H and O–H groups in total. The summed E-state index contributed by atoms with van der Waals surface area (Å²) in [5, 5.41) is 6.75. The van der Waals surface area contributed by atoms with E-state index in [-0.39, 0.29) is 6.04 Å². The summed E-state index contributed by atoms with van der Waals surface area (Å²) in [4.78, 5) is 7.07. The zero-order valence-electron chi connectivity index (χ0n) is 18.3. The quantitative estimate of drug-likeness (QED) is 0.344. The lowest BCUT2D eigenvalue weighted by molar-refractivity contribution is 0.427. The first kappa shape index (κ1) is 23.5. The maximum Gasteiger partial charge on any atom is 0.211 e. The van der Waals surface area contributed by atoms with Crippen molar-refractivity contribution in [3.63, 3.8) is 0 Å². The van der Waals surface area contributed by atoms with Gasteiger partial charge in [0.25, 0.3) is 0 Å². The van der Waals surface area contributed by atoms with Gasteiger partial charge in [-0.15, -0.1) is 0 Å². The highest BCUT2D eigenvalue weighted by Crippen LogP contribution is 2.23. The summed E-state index contributed by atoms with van der Waals surface area (Å²) < 4.78 is 24.8. The van der Waals surface area contributed by atoms with Crippen LogP contribution in [0.25, 0.3) is 0 Å². The van der Waals surface area contributed by atoms with E-state index >= 15 is 0 Å². The van der Waals surface area contributed by atoms with Crippen LogP contribution in [0.4, 0.5) is 5.69 Å². The van der Waals surface area contributed by atoms with E-state index in [4.69, 9.17) is 0 Å². The van der Waals surface area contributed by atoms with Gasteiger partial charge >= 0.3 is 0 Å². The Labute approximate surface area is 176 Å². The van der Waals surface area contributed by atoms with Crippen molar-refractivity contribution in [2.45, 2.75) is 46.1 Å². The third-order valence-corrected chi connectivity index (χ3v) is 6.57. The van der Waals surface area contributed by atoms with Gasteiger partial charge in [-0.25, -0.2) is 12.7 Å². The number of rotatable bonds is 10. The van der Waals surface area contributed by atoms with Gasteiger partial charge in [0.15, 0.2) is 5.96 Å². The molecule has 2 rings (SSSR count). The number of hydrogen-bond donors (Lipinski definition) is 2. The zero-order chi connectivity index (χ0) is 21.3. The van der Waals surface area contributed by atoms with Gasteiger partial charge < -0.3 is 15.5 Å². The summed E-state index contributed by atoms with van der Waals surface area (Å²) >= 11 is 0. The van der Waals surface area contributed by atoms with E-state index in [0.717, 1.165) is 25.6 Å². The molecule has 1 saturated heterocycles. The van der Waals surface area contributed by atoms with E-state index in [1.165, 1.54) is 34.7 Å². The standard InChI is InChI=1S/C21H37N5O2S/c1-5-22-21(23-13-10-16-26(6-2)29(4,27)28)24-18(3)19-11-9-12-20(17-19)25-14-7-8-15-25/h9,11-12,17-18H,5-8,10,13-16H2,1-4H3,(H2,22,23,24). The van der Waals surface area contributed by atoms with E-state index < -0.39 is 10.0 Å². The topological polar surface area (TPSA) is 77.0 Å². The Bertz CT molecular complexity index is 760. The van der Waals surface area contributed by atoms with Gasteiger partial charge in [-0.05, 0) is 50.8 Å². The van der Waals surface area contributed by atoms with Crippen LogP contribution < -0.4 is 15.5 Å². The highest BCUT2D eigenvalue weighted by Gasteiger charge is 2.15. The number of anilines is 1. The highest BCUT2D eigenvalue weighted by molar-refractivity contribution is 7.88. The predicted molar refractivity (Wildman–Crippen MR) is 122 cm³/mol. The molecule has 0 amide bonds. The highest BCUT2D eigenvalue weighted by atomic mass is 32.2. The van der Waals surface area contributed by atoms with Crippen LogP contribution in [0.1, 0.15) is 51.6 Å². The Hall–Kier alpha value is -1.80. The molecule has 1 fully saturated rings. The molecule has 0 aliphatic carbocycles. The predicted octanol–water partition coefficient (Wildman–Crippen LogP) is 2.57. The van der Waals surface area contributed by atoms with Gasteiger partial charge in [0.1, 0.15) is 0 Å². The second kappa shape index (κ2) is 11.4. The molecule has 1 atom stereocenters. The largest absolute Gasteiger partial charge is 0.372 e. The second-order valence-electron chi connectivity index (χ2n) is 7.52. The van der Waals surface area contributed by atoms with Crippen LogP contribution >= 0.6 is 0 Å². The van der Waals surface area contributed by atoms with Crippen LogP contribution in [0.3, 0.4) is 0 Å². The second-order valence-corrected chi connectivity index (χ2v) is 9.51. The van der Waals surface area contributed by atoms with Gasteiger partial charge in [-0.3, -0.25) is 4.99 Å². The first-order valence-electron chi connectivity index (χ1n) is 10.7. The number of nitrogens with one attached hydrogen (secondary N) is 2. The Morgan fingerprint density at radius 2 is 2.00 bits per heavy atom. The maximum atomic E-state index is 11.7. The lowest BCUT2D eigenvalue weighted by Crippen LogP contribution is -2.39. The van der Waals surface area contributed by atoms with E-state index in [0.29, 0.717) is 26.1 Å². The van der Waals surface area contributed by atoms with Crippen molar-refractivity contribution >= 4 is 21.7 Å². The Balaban J connectivity index is 1.94. The van der Waals surface area contributed by atoms with E-state index in [2.05, 4.69) is 51.7 Å². The first-order chi connectivity index (χ1) is 13.8. The molecular weight excluding hydrogens is 386 g/mol. The van der Waals surface area contributed by atoms with Crippen LogP contribution in [0.5, 0.6) is 0 Å². The Morgan fingerprint density at radius 3 is 2.62 bits per heavy atom. The van der Waals surface area contributed by atoms with Crippen molar-refractivity contribution in [1.82, 2.24) is 14.9 Å². The molecule has 1 aliphatic heterocycles. The van der Waals surface area contributed by atoms with Gasteiger partial charge in [0, 0.05) is 45.0 Å². The minimum atomic E-state index is -3.14. The molecule has 0 spiro atoms. The lowest BCUT2D eigenvalue weighted by Gasteiger charge is -2.22. The molecule has 1 unspecified atom stereocenters. The Kier molecular flexibility index (Phi) is 9.23. The summed E-state index contributed by atoms with van der Waals surface area (Å²) in [6.07, 6.45) is 4.48. The molecule has 1 aromatic rings. The van der Waals surface area contributed by atoms with Gasteiger partial charge in [0.2, 0.25) is 10.0 Å². The van der Waals surface area contributed by atoms with E-state index in [9.17, 15) is 8.42 Å². The van der Waals surface area contributed by atoms with Gasteiger partial charge in [-0.2, -0.15) is 0 Å². The third-order valence-electron chi connectivity index (χ3n) is 5.20. The monoisotopic (exact) mass is 423 g/mol. The molecule has 1 heterocycles. The summed E-state index contributed by atoms with van der Waals surface area (Å²) in [7, 11) is -3.14. The normalized spacial score (nSPS) is 16.3. The molecule has 0 radical (unpaired) electrons. The molecule has 0 bridgehead atoms. The van der Waals surface area contributed by atoms with Crippen LogP contribution in [-0.4, -0.2) is 64.2 Å². The molecular formula is C21H37N5O2S. The van der Waals surface area contributed by atoms with E-state index in [1.54, 1.807) is 0 Å². The molecule has 1 aliphatic rings. The summed E-state index contributed by atoms with van der Waals surface area (Å²) in [5.41, 5.74) is 2.52. The minimum Gasteiger partial charge on any atom is -0.372 e. The van der Waals surface area contributed by atoms with Crippen molar-refractivity contribution < 1.29 is 8.42 Å². The van der Waals surface area contributed by atoms with Gasteiger partial charge in [-0.1, -0.05) is 19.1 Å². The third kappa shape index (κ3) is 7.51. The number of sulfonamides is 1. The van der Waals surface area contributed by atoms with Crippen LogP contribution in [0.15, 0.2) is 29.3 Å². The van der Waals surface area contributed by atoms with Crippen LogP contribution in [0, 0.1) is 0 Å². The van der Waals surface area contributed by atoms with Crippen molar-refractivity contribution in [1.29, 1.82) is 0 Å². The summed E-state index contributed by atoms with van der Waals surface area (Å²) in [5.74, 6) is 0.758. The fraction of sp³-hybridized carbons (Fsp3) is 0.667. The molecule has 0 saturated carbocycles. The lowest BCUT2D eigenvalue weighted by atomic mass is 10.1. The van der Waals surface area contributed by atoms with Crippen molar-refractivity contribution in [3.8, 4) is 0 Å². The fourth-order valence-corrected chi connectivity index (χ4v) is 4.50. The molecule has 0 aromatic heterocycles.